The zero-order valence-corrected chi connectivity index (χ0v) is 13.9. The number of halogens is 2. The zero-order chi connectivity index (χ0) is 19.3. The third kappa shape index (κ3) is 4.01. The lowest BCUT2D eigenvalue weighted by Gasteiger charge is -2.12. The maximum Gasteiger partial charge on any atom is 0.276 e. The Labute approximate surface area is 147 Å². The normalized spacial score (nSPS) is 10.7. The molecule has 0 radical (unpaired) electrons. The number of rotatable bonds is 5. The lowest BCUT2D eigenvalue weighted by molar-refractivity contribution is 0.0705. The molecule has 7 nitrogen and oxygen atoms in total. The molecule has 0 bridgehead atoms. The van der Waals surface area contributed by atoms with Crippen molar-refractivity contribution >= 4 is 18.0 Å². The molecule has 9 heteroatoms. The van der Waals surface area contributed by atoms with Gasteiger partial charge in [0, 0.05) is 18.2 Å². The molecule has 0 aliphatic rings. The van der Waals surface area contributed by atoms with Crippen LogP contribution in [0.3, 0.4) is 0 Å². The van der Waals surface area contributed by atoms with Crippen molar-refractivity contribution in [2.45, 2.75) is 0 Å². The largest absolute Gasteiger partial charge is 0.494 e. The number of amides is 2. The number of hydrazone groups is 1. The average Bonchev–Trinajstić information content (AvgIpc) is 2.65. The van der Waals surface area contributed by atoms with Crippen molar-refractivity contribution in [3.63, 3.8) is 0 Å². The summed E-state index contributed by atoms with van der Waals surface area (Å²) < 4.78 is 32.9. The van der Waals surface area contributed by atoms with Gasteiger partial charge < -0.3 is 4.74 Å². The number of ether oxygens (including phenoxy) is 1. The van der Waals surface area contributed by atoms with Crippen LogP contribution in [0.2, 0.25) is 0 Å². The molecule has 2 aromatic rings. The van der Waals surface area contributed by atoms with E-state index in [1.807, 2.05) is 0 Å². The Balaban J connectivity index is 2.20. The molecular formula is C17H15F2N3O4. The maximum atomic E-state index is 14.1. The van der Waals surface area contributed by atoms with Gasteiger partial charge >= 0.3 is 0 Å². The molecule has 0 atom stereocenters. The van der Waals surface area contributed by atoms with E-state index >= 15 is 0 Å². The monoisotopic (exact) mass is 363 g/mol. The second-order valence-corrected chi connectivity index (χ2v) is 5.07. The van der Waals surface area contributed by atoms with Crippen molar-refractivity contribution < 1.29 is 28.3 Å². The van der Waals surface area contributed by atoms with Crippen LogP contribution in [0.25, 0.3) is 0 Å². The fraction of sp³-hybridized carbons (Fsp3) is 0.118. The number of nitrogens with zero attached hydrogens (tertiary/aromatic N) is 2. The number of nitrogens with one attached hydrogen (secondary N) is 1. The lowest BCUT2D eigenvalue weighted by Crippen LogP contribution is -2.23. The van der Waals surface area contributed by atoms with Crippen molar-refractivity contribution in [2.24, 2.45) is 5.10 Å². The molecule has 136 valence electrons. The SMILES string of the molecule is COc1cccc(C(=O)N(C)/N=C/c2ccc(C(=O)NO)cc2F)c1F. The van der Waals surface area contributed by atoms with Crippen LogP contribution in [0, 0.1) is 11.6 Å². The van der Waals surface area contributed by atoms with Crippen LogP contribution in [-0.2, 0) is 0 Å². The molecule has 26 heavy (non-hydrogen) atoms. The van der Waals surface area contributed by atoms with E-state index in [9.17, 15) is 18.4 Å². The average molecular weight is 363 g/mol. The first-order chi connectivity index (χ1) is 12.4. The highest BCUT2D eigenvalue weighted by molar-refractivity contribution is 5.96. The van der Waals surface area contributed by atoms with Gasteiger partial charge in [0.05, 0.1) is 18.9 Å². The van der Waals surface area contributed by atoms with E-state index in [0.29, 0.717) is 0 Å². The van der Waals surface area contributed by atoms with E-state index in [1.165, 1.54) is 50.0 Å². The topological polar surface area (TPSA) is 91.2 Å². The number of hydroxylamine groups is 1. The van der Waals surface area contributed by atoms with Crippen molar-refractivity contribution in [3.05, 3.63) is 64.7 Å². The Morgan fingerprint density at radius 2 is 2.00 bits per heavy atom. The zero-order valence-electron chi connectivity index (χ0n) is 13.9. The molecule has 0 unspecified atom stereocenters. The minimum Gasteiger partial charge on any atom is -0.494 e. The van der Waals surface area contributed by atoms with E-state index in [-0.39, 0.29) is 22.4 Å². The Kier molecular flexibility index (Phi) is 5.97. The van der Waals surface area contributed by atoms with Gasteiger partial charge in [-0.05, 0) is 30.3 Å². The fourth-order valence-corrected chi connectivity index (χ4v) is 2.05. The second kappa shape index (κ2) is 8.17. The molecule has 0 aromatic heterocycles. The van der Waals surface area contributed by atoms with Gasteiger partial charge in [-0.3, -0.25) is 14.8 Å². The highest BCUT2D eigenvalue weighted by Gasteiger charge is 2.18. The number of hydrogen-bond acceptors (Lipinski definition) is 5. The van der Waals surface area contributed by atoms with Crippen molar-refractivity contribution in [2.75, 3.05) is 14.2 Å². The summed E-state index contributed by atoms with van der Waals surface area (Å²) in [6.07, 6.45) is 1.05. The van der Waals surface area contributed by atoms with Gasteiger partial charge in [-0.15, -0.1) is 0 Å². The molecule has 2 aromatic carbocycles. The standard InChI is InChI=1S/C17H15F2N3O4/c1-22(17(24)12-4-3-5-14(26-2)15(12)19)20-9-11-7-6-10(8-13(11)18)16(23)21-25/h3-9,25H,1-2H3,(H,21,23)/b20-9+. The van der Waals surface area contributed by atoms with Gasteiger partial charge in [0.25, 0.3) is 11.8 Å². The van der Waals surface area contributed by atoms with Crippen LogP contribution < -0.4 is 10.2 Å². The van der Waals surface area contributed by atoms with E-state index < -0.39 is 23.4 Å². The molecule has 0 saturated carbocycles. The molecule has 0 spiro atoms. The van der Waals surface area contributed by atoms with Gasteiger partial charge in [-0.25, -0.2) is 19.3 Å². The van der Waals surface area contributed by atoms with Gasteiger partial charge in [-0.2, -0.15) is 5.10 Å². The Hall–Kier alpha value is -3.33. The predicted octanol–water partition coefficient (Wildman–Crippen LogP) is 2.20. The molecule has 2 amide bonds. The van der Waals surface area contributed by atoms with Crippen LogP contribution in [0.5, 0.6) is 5.75 Å². The first-order valence-corrected chi connectivity index (χ1v) is 7.27. The molecule has 0 saturated heterocycles. The van der Waals surface area contributed by atoms with Crippen LogP contribution in [0.1, 0.15) is 26.3 Å². The van der Waals surface area contributed by atoms with Crippen molar-refractivity contribution in [3.8, 4) is 5.75 Å². The van der Waals surface area contributed by atoms with E-state index in [4.69, 9.17) is 9.94 Å². The first-order valence-electron chi connectivity index (χ1n) is 7.27. The summed E-state index contributed by atoms with van der Waals surface area (Å²) >= 11 is 0. The molecule has 2 N–H and O–H groups in total. The van der Waals surface area contributed by atoms with Crippen LogP contribution in [0.4, 0.5) is 8.78 Å². The van der Waals surface area contributed by atoms with E-state index in [0.717, 1.165) is 17.3 Å². The Morgan fingerprint density at radius 3 is 2.62 bits per heavy atom. The van der Waals surface area contributed by atoms with Crippen LogP contribution in [-0.4, -0.2) is 42.4 Å². The third-order valence-electron chi connectivity index (χ3n) is 3.44. The summed E-state index contributed by atoms with van der Waals surface area (Å²) in [4.78, 5) is 23.5. The van der Waals surface area contributed by atoms with E-state index in [2.05, 4.69) is 5.10 Å². The number of benzene rings is 2. The molecule has 0 fully saturated rings. The van der Waals surface area contributed by atoms with Gasteiger partial charge in [0.2, 0.25) is 0 Å². The number of methoxy groups -OCH3 is 1. The summed E-state index contributed by atoms with van der Waals surface area (Å²) in [6, 6.07) is 7.51. The van der Waals surface area contributed by atoms with Crippen LogP contribution >= 0.6 is 0 Å². The Bertz CT molecular complexity index is 871. The minimum atomic E-state index is -0.867. The smallest absolute Gasteiger partial charge is 0.276 e. The fourth-order valence-electron chi connectivity index (χ4n) is 2.05. The first kappa shape index (κ1) is 19.0. The van der Waals surface area contributed by atoms with Gasteiger partial charge in [0.1, 0.15) is 5.82 Å². The van der Waals surface area contributed by atoms with Crippen molar-refractivity contribution in [1.82, 2.24) is 10.5 Å². The molecular weight excluding hydrogens is 348 g/mol. The summed E-state index contributed by atoms with van der Waals surface area (Å²) in [6.45, 7) is 0. The molecule has 0 heterocycles. The maximum absolute atomic E-state index is 14.1. The summed E-state index contributed by atoms with van der Waals surface area (Å²) in [5.74, 6) is -3.32. The quantitative estimate of drug-likeness (QED) is 0.484. The lowest BCUT2D eigenvalue weighted by atomic mass is 10.1. The van der Waals surface area contributed by atoms with E-state index in [1.54, 1.807) is 0 Å². The highest BCUT2D eigenvalue weighted by atomic mass is 19.1. The van der Waals surface area contributed by atoms with Gasteiger partial charge in [-0.1, -0.05) is 6.07 Å². The summed E-state index contributed by atoms with van der Waals surface area (Å²) in [5.41, 5.74) is 1.04. The van der Waals surface area contributed by atoms with Crippen LogP contribution in [0.15, 0.2) is 41.5 Å². The minimum absolute atomic E-state index is 0.00902. The second-order valence-electron chi connectivity index (χ2n) is 5.07. The molecule has 2 rings (SSSR count). The Morgan fingerprint density at radius 1 is 1.27 bits per heavy atom. The molecule has 0 aliphatic heterocycles. The molecule has 0 aliphatic carbocycles. The van der Waals surface area contributed by atoms with Gasteiger partial charge in [0.15, 0.2) is 11.6 Å². The summed E-state index contributed by atoms with van der Waals surface area (Å²) in [5, 5.41) is 13.1. The number of carbonyl (C=O) groups excluding carboxylic acids is 2. The summed E-state index contributed by atoms with van der Waals surface area (Å²) in [7, 11) is 2.56. The predicted molar refractivity (Wildman–Crippen MR) is 88.3 cm³/mol. The number of hydrogen-bond donors (Lipinski definition) is 2. The highest BCUT2D eigenvalue weighted by Crippen LogP contribution is 2.21. The van der Waals surface area contributed by atoms with Crippen molar-refractivity contribution in [1.29, 1.82) is 0 Å². The third-order valence-corrected chi connectivity index (χ3v) is 3.44. The number of carbonyl (C=O) groups is 2.